The Morgan fingerprint density at radius 2 is 2.28 bits per heavy atom. The highest BCUT2D eigenvalue weighted by molar-refractivity contribution is 5.44. The van der Waals surface area contributed by atoms with Gasteiger partial charge in [0.05, 0.1) is 0 Å². The first-order chi connectivity index (χ1) is 8.76. The van der Waals surface area contributed by atoms with Gasteiger partial charge in [0.1, 0.15) is 5.82 Å². The van der Waals surface area contributed by atoms with Crippen molar-refractivity contribution >= 4 is 5.82 Å². The van der Waals surface area contributed by atoms with E-state index in [-0.39, 0.29) is 0 Å². The highest BCUT2D eigenvalue weighted by Gasteiger charge is 2.29. The molecule has 0 bridgehead atoms. The number of rotatable bonds is 7. The molecule has 1 heterocycles. The number of hydrogen-bond donors (Lipinski definition) is 1. The van der Waals surface area contributed by atoms with Gasteiger partial charge in [-0.1, -0.05) is 19.1 Å². The smallest absolute Gasteiger partial charge is 0.129 e. The molecule has 98 valence electrons. The first-order valence-corrected chi connectivity index (χ1v) is 6.81. The SMILES string of the molecule is C=CCN(c1ccc(CNCC)c(C)n1)C1CC1. The fraction of sp³-hybridized carbons (Fsp3) is 0.533. The Balaban J connectivity index is 2.13. The fourth-order valence-electron chi connectivity index (χ4n) is 2.14. The summed E-state index contributed by atoms with van der Waals surface area (Å²) in [6, 6.07) is 5.01. The normalized spacial score (nSPS) is 14.6. The third-order valence-corrected chi connectivity index (χ3v) is 3.35. The zero-order valence-corrected chi connectivity index (χ0v) is 11.4. The molecule has 0 radical (unpaired) electrons. The molecular weight excluding hydrogens is 222 g/mol. The second-order valence-corrected chi connectivity index (χ2v) is 4.87. The van der Waals surface area contributed by atoms with E-state index in [1.54, 1.807) is 0 Å². The van der Waals surface area contributed by atoms with Crippen molar-refractivity contribution in [1.29, 1.82) is 0 Å². The minimum atomic E-state index is 0.675. The summed E-state index contributed by atoms with van der Waals surface area (Å²) in [6.07, 6.45) is 4.53. The van der Waals surface area contributed by atoms with Gasteiger partial charge in [-0.05, 0) is 37.9 Å². The van der Waals surface area contributed by atoms with Crippen molar-refractivity contribution in [3.05, 3.63) is 36.0 Å². The van der Waals surface area contributed by atoms with Gasteiger partial charge < -0.3 is 10.2 Å². The first-order valence-electron chi connectivity index (χ1n) is 6.81. The van der Waals surface area contributed by atoms with Crippen molar-refractivity contribution in [2.24, 2.45) is 0 Å². The van der Waals surface area contributed by atoms with Crippen LogP contribution in [-0.2, 0) is 6.54 Å². The summed E-state index contributed by atoms with van der Waals surface area (Å²) in [4.78, 5) is 7.10. The third-order valence-electron chi connectivity index (χ3n) is 3.35. The van der Waals surface area contributed by atoms with Crippen molar-refractivity contribution in [3.63, 3.8) is 0 Å². The summed E-state index contributed by atoms with van der Waals surface area (Å²) in [5.74, 6) is 1.09. The van der Waals surface area contributed by atoms with Gasteiger partial charge in [-0.2, -0.15) is 0 Å². The molecule has 1 saturated carbocycles. The third kappa shape index (κ3) is 3.10. The molecule has 0 spiro atoms. The summed E-state index contributed by atoms with van der Waals surface area (Å²) in [6.45, 7) is 10.8. The highest BCUT2D eigenvalue weighted by atomic mass is 15.2. The molecule has 1 aromatic heterocycles. The Hall–Kier alpha value is -1.35. The lowest BCUT2D eigenvalue weighted by molar-refractivity contribution is 0.718. The van der Waals surface area contributed by atoms with E-state index in [4.69, 9.17) is 4.98 Å². The predicted molar refractivity (Wildman–Crippen MR) is 76.9 cm³/mol. The minimum Gasteiger partial charge on any atom is -0.350 e. The standard InChI is InChI=1S/C15H23N3/c1-4-10-18(14-7-8-14)15-9-6-13(11-16-5-2)12(3)17-15/h4,6,9,14,16H,1,5,7-8,10-11H2,2-3H3. The predicted octanol–water partition coefficient (Wildman–Crippen LogP) is 2.65. The van der Waals surface area contributed by atoms with Crippen LogP contribution < -0.4 is 10.2 Å². The zero-order valence-electron chi connectivity index (χ0n) is 11.4. The Bertz CT molecular complexity index is 410. The van der Waals surface area contributed by atoms with E-state index in [0.717, 1.165) is 31.1 Å². The molecule has 1 aromatic rings. The topological polar surface area (TPSA) is 28.2 Å². The van der Waals surface area contributed by atoms with Gasteiger partial charge in [0.15, 0.2) is 0 Å². The molecule has 3 heteroatoms. The van der Waals surface area contributed by atoms with Crippen LogP contribution in [0.3, 0.4) is 0 Å². The van der Waals surface area contributed by atoms with Crippen LogP contribution in [-0.4, -0.2) is 24.1 Å². The van der Waals surface area contributed by atoms with Crippen LogP contribution in [0.4, 0.5) is 5.82 Å². The average Bonchev–Trinajstić information content (AvgIpc) is 3.19. The maximum atomic E-state index is 4.74. The molecule has 0 aliphatic heterocycles. The fourth-order valence-corrected chi connectivity index (χ4v) is 2.14. The van der Waals surface area contributed by atoms with E-state index >= 15 is 0 Å². The average molecular weight is 245 g/mol. The molecule has 18 heavy (non-hydrogen) atoms. The van der Waals surface area contributed by atoms with Gasteiger partial charge in [-0.3, -0.25) is 0 Å². The Morgan fingerprint density at radius 1 is 1.50 bits per heavy atom. The lowest BCUT2D eigenvalue weighted by Gasteiger charge is -2.22. The van der Waals surface area contributed by atoms with Crippen LogP contribution in [0.5, 0.6) is 0 Å². The van der Waals surface area contributed by atoms with Crippen LogP contribution in [0.1, 0.15) is 31.0 Å². The lowest BCUT2D eigenvalue weighted by Crippen LogP contribution is -2.27. The monoisotopic (exact) mass is 245 g/mol. The van der Waals surface area contributed by atoms with E-state index in [0.29, 0.717) is 6.04 Å². The number of hydrogen-bond acceptors (Lipinski definition) is 3. The van der Waals surface area contributed by atoms with Gasteiger partial charge in [0.25, 0.3) is 0 Å². The number of aromatic nitrogens is 1. The second kappa shape index (κ2) is 6.01. The van der Waals surface area contributed by atoms with Crippen molar-refractivity contribution < 1.29 is 0 Å². The summed E-state index contributed by atoms with van der Waals surface area (Å²) < 4.78 is 0. The van der Waals surface area contributed by atoms with Gasteiger partial charge in [-0.15, -0.1) is 6.58 Å². The molecule has 0 unspecified atom stereocenters. The molecule has 0 saturated heterocycles. The molecule has 0 amide bonds. The molecule has 1 aliphatic carbocycles. The first kappa shape index (κ1) is 13.1. The van der Waals surface area contributed by atoms with Gasteiger partial charge in [0, 0.05) is 24.8 Å². The highest BCUT2D eigenvalue weighted by Crippen LogP contribution is 2.30. The summed E-state index contributed by atoms with van der Waals surface area (Å²) in [7, 11) is 0. The molecule has 1 N–H and O–H groups in total. The number of nitrogens with zero attached hydrogens (tertiary/aromatic N) is 2. The van der Waals surface area contributed by atoms with Gasteiger partial charge in [-0.25, -0.2) is 4.98 Å². The van der Waals surface area contributed by atoms with Crippen molar-refractivity contribution in [3.8, 4) is 0 Å². The number of anilines is 1. The molecule has 0 atom stereocenters. The molecule has 3 nitrogen and oxygen atoms in total. The Kier molecular flexibility index (Phi) is 4.37. The number of pyridine rings is 1. The van der Waals surface area contributed by atoms with Crippen LogP contribution in [0, 0.1) is 6.92 Å². The summed E-state index contributed by atoms with van der Waals surface area (Å²) in [5.41, 5.74) is 2.41. The Labute approximate surface area is 110 Å². The minimum absolute atomic E-state index is 0.675. The van der Waals surface area contributed by atoms with Crippen LogP contribution in [0.15, 0.2) is 24.8 Å². The van der Waals surface area contributed by atoms with E-state index in [9.17, 15) is 0 Å². The zero-order chi connectivity index (χ0) is 13.0. The molecular formula is C15H23N3. The maximum Gasteiger partial charge on any atom is 0.129 e. The largest absolute Gasteiger partial charge is 0.350 e. The molecule has 1 aliphatic rings. The quantitative estimate of drug-likeness (QED) is 0.749. The van der Waals surface area contributed by atoms with Crippen molar-refractivity contribution in [2.45, 2.75) is 39.3 Å². The maximum absolute atomic E-state index is 4.74. The van der Waals surface area contributed by atoms with Crippen molar-refractivity contribution in [2.75, 3.05) is 18.0 Å². The van der Waals surface area contributed by atoms with Gasteiger partial charge in [0.2, 0.25) is 0 Å². The van der Waals surface area contributed by atoms with Crippen LogP contribution in [0.25, 0.3) is 0 Å². The van der Waals surface area contributed by atoms with Crippen LogP contribution in [0.2, 0.25) is 0 Å². The lowest BCUT2D eigenvalue weighted by atomic mass is 10.2. The summed E-state index contributed by atoms with van der Waals surface area (Å²) >= 11 is 0. The van der Waals surface area contributed by atoms with Crippen LogP contribution >= 0.6 is 0 Å². The second-order valence-electron chi connectivity index (χ2n) is 4.87. The molecule has 0 aromatic carbocycles. The van der Waals surface area contributed by atoms with Crippen molar-refractivity contribution in [1.82, 2.24) is 10.3 Å². The van der Waals surface area contributed by atoms with E-state index in [2.05, 4.69) is 42.8 Å². The molecule has 1 fully saturated rings. The van der Waals surface area contributed by atoms with Gasteiger partial charge >= 0.3 is 0 Å². The number of aryl methyl sites for hydroxylation is 1. The number of nitrogens with one attached hydrogen (secondary N) is 1. The Morgan fingerprint density at radius 3 is 2.83 bits per heavy atom. The van der Waals surface area contributed by atoms with E-state index < -0.39 is 0 Å². The van der Waals surface area contributed by atoms with E-state index in [1.165, 1.54) is 18.4 Å². The molecule has 2 rings (SSSR count). The van der Waals surface area contributed by atoms with E-state index in [1.807, 2.05) is 6.08 Å². The summed E-state index contributed by atoms with van der Waals surface area (Å²) in [5, 5.41) is 3.34.